The summed E-state index contributed by atoms with van der Waals surface area (Å²) in [6, 6.07) is 19.1. The molecule has 2 aliphatic heterocycles. The third-order valence-corrected chi connectivity index (χ3v) is 10.8. The summed E-state index contributed by atoms with van der Waals surface area (Å²) in [4.78, 5) is 27.0. The SMILES string of the molecule is COc1cc(/C=C/c2nc3n(n2)CCO[C@@H]3c2ccc(Cl)cc2)cnc1-n1cnc(C)c1.COc1cc(/C=C/c2nc3n(n2)CCO[C@H]3c2ccc(Cl)cc2)cnc1-n1cnc(C)c1. The summed E-state index contributed by atoms with van der Waals surface area (Å²) in [7, 11) is 3.25. The van der Waals surface area contributed by atoms with Crippen LogP contribution in [0.2, 0.25) is 10.0 Å². The molecule has 8 aromatic rings. The van der Waals surface area contributed by atoms with E-state index < -0.39 is 0 Å². The zero-order valence-corrected chi connectivity index (χ0v) is 36.8. The number of pyridine rings is 2. The van der Waals surface area contributed by atoms with Crippen LogP contribution in [0.1, 0.15) is 69.1 Å². The van der Waals surface area contributed by atoms with Crippen LogP contribution in [-0.2, 0) is 22.6 Å². The van der Waals surface area contributed by atoms with E-state index in [9.17, 15) is 0 Å². The molecule has 0 spiro atoms. The monoisotopic (exact) mass is 896 g/mol. The van der Waals surface area contributed by atoms with Crippen molar-refractivity contribution in [1.82, 2.24) is 58.6 Å². The van der Waals surface area contributed by atoms with Gasteiger partial charge in [0.25, 0.3) is 0 Å². The van der Waals surface area contributed by atoms with Crippen molar-refractivity contribution in [2.45, 2.75) is 39.1 Å². The quantitative estimate of drug-likeness (QED) is 0.130. The van der Waals surface area contributed by atoms with Crippen LogP contribution in [0.3, 0.4) is 0 Å². The van der Waals surface area contributed by atoms with Gasteiger partial charge in [-0.15, -0.1) is 0 Å². The van der Waals surface area contributed by atoms with Crippen molar-refractivity contribution in [3.8, 4) is 23.1 Å². The van der Waals surface area contributed by atoms with E-state index in [4.69, 9.17) is 52.1 Å². The fraction of sp³-hybridized carbons (Fsp3) is 0.217. The van der Waals surface area contributed by atoms with E-state index in [0.717, 1.165) is 45.3 Å². The zero-order chi connectivity index (χ0) is 44.2. The van der Waals surface area contributed by atoms with Crippen molar-refractivity contribution in [2.75, 3.05) is 27.4 Å². The highest BCUT2D eigenvalue weighted by Gasteiger charge is 2.27. The van der Waals surface area contributed by atoms with E-state index >= 15 is 0 Å². The lowest BCUT2D eigenvalue weighted by molar-refractivity contribution is 0.0389. The number of hydrogen-bond acceptors (Lipinski definition) is 12. The molecule has 2 atom stereocenters. The van der Waals surface area contributed by atoms with Gasteiger partial charge in [0.2, 0.25) is 0 Å². The number of rotatable bonds is 10. The lowest BCUT2D eigenvalue weighted by Crippen LogP contribution is -2.23. The molecule has 0 amide bonds. The van der Waals surface area contributed by atoms with E-state index in [1.807, 2.05) is 130 Å². The van der Waals surface area contributed by atoms with Gasteiger partial charge in [0, 0.05) is 34.8 Å². The van der Waals surface area contributed by atoms with Crippen molar-refractivity contribution in [3.05, 3.63) is 165 Å². The van der Waals surface area contributed by atoms with Crippen molar-refractivity contribution < 1.29 is 18.9 Å². The predicted octanol–water partition coefficient (Wildman–Crippen LogP) is 8.24. The molecule has 0 fully saturated rings. The molecular weight excluding hydrogens is 855 g/mol. The largest absolute Gasteiger partial charge is 0.493 e. The molecule has 0 bridgehead atoms. The van der Waals surface area contributed by atoms with Crippen LogP contribution in [0, 0.1) is 13.8 Å². The highest BCUT2D eigenvalue weighted by atomic mass is 35.5. The van der Waals surface area contributed by atoms with Crippen LogP contribution in [-0.4, -0.2) is 86.0 Å². The predicted molar refractivity (Wildman–Crippen MR) is 242 cm³/mol. The van der Waals surface area contributed by atoms with E-state index in [1.54, 1.807) is 39.3 Å². The Morgan fingerprint density at radius 1 is 0.594 bits per heavy atom. The molecule has 2 aromatic carbocycles. The number of methoxy groups -OCH3 is 2. The van der Waals surface area contributed by atoms with Gasteiger partial charge in [-0.25, -0.2) is 39.3 Å². The number of benzene rings is 2. The molecule has 0 saturated heterocycles. The second-order valence-corrected chi connectivity index (χ2v) is 15.7. The van der Waals surface area contributed by atoms with Crippen LogP contribution in [0.15, 0.2) is 98.1 Å². The van der Waals surface area contributed by atoms with Crippen LogP contribution < -0.4 is 9.47 Å². The zero-order valence-electron chi connectivity index (χ0n) is 35.3. The molecule has 8 heterocycles. The van der Waals surface area contributed by atoms with Crippen LogP contribution in [0.4, 0.5) is 0 Å². The van der Waals surface area contributed by atoms with Gasteiger partial charge in [0.15, 0.2) is 46.4 Å². The van der Waals surface area contributed by atoms with Crippen molar-refractivity contribution >= 4 is 47.5 Å². The number of nitrogens with zero attached hydrogens (tertiary/aromatic N) is 12. The minimum atomic E-state index is -0.268. The van der Waals surface area contributed by atoms with Crippen LogP contribution in [0.25, 0.3) is 35.9 Å². The average molecular weight is 898 g/mol. The highest BCUT2D eigenvalue weighted by molar-refractivity contribution is 6.30. The summed E-state index contributed by atoms with van der Waals surface area (Å²) >= 11 is 12.0. The molecule has 0 N–H and O–H groups in total. The standard InChI is InChI=1S/2C23H21ClN6O2/c2*1-15-13-29(14-26-15)22-19(31-2)11-16(12-25-22)3-8-20-27-23-21(32-10-9-30(23)28-20)17-4-6-18(24)7-5-17/h2*3-8,11-14,21H,9-10H2,1-2H3/b2*8-3+/t2*21-/m10/s1. The molecule has 16 nitrogen and oxygen atoms in total. The van der Waals surface area contributed by atoms with Gasteiger partial charge < -0.3 is 18.9 Å². The summed E-state index contributed by atoms with van der Waals surface area (Å²) in [6.45, 7) is 6.33. The Balaban J connectivity index is 0.000000162. The molecule has 0 saturated carbocycles. The molecule has 2 aliphatic rings. The Morgan fingerprint density at radius 2 is 1.02 bits per heavy atom. The third-order valence-electron chi connectivity index (χ3n) is 10.3. The molecule has 64 heavy (non-hydrogen) atoms. The van der Waals surface area contributed by atoms with Gasteiger partial charge >= 0.3 is 0 Å². The summed E-state index contributed by atoms with van der Waals surface area (Å²) in [6.07, 6.45) is 17.8. The van der Waals surface area contributed by atoms with E-state index in [1.165, 1.54) is 0 Å². The van der Waals surface area contributed by atoms with Crippen LogP contribution in [0.5, 0.6) is 11.5 Å². The Bertz CT molecular complexity index is 2760. The Labute approximate surface area is 378 Å². The fourth-order valence-corrected chi connectivity index (χ4v) is 7.47. The topological polar surface area (TPSA) is 160 Å². The molecule has 0 unspecified atom stereocenters. The smallest absolute Gasteiger partial charge is 0.180 e. The summed E-state index contributed by atoms with van der Waals surface area (Å²) in [5.74, 6) is 5.44. The van der Waals surface area contributed by atoms with Crippen molar-refractivity contribution in [3.63, 3.8) is 0 Å². The summed E-state index contributed by atoms with van der Waals surface area (Å²) in [5, 5.41) is 10.6. The number of aryl methyl sites for hydroxylation is 2. The van der Waals surface area contributed by atoms with E-state index in [2.05, 4.69) is 30.1 Å². The first kappa shape index (κ1) is 42.3. The molecule has 0 radical (unpaired) electrons. The third kappa shape index (κ3) is 9.35. The lowest BCUT2D eigenvalue weighted by Gasteiger charge is -2.23. The maximum atomic E-state index is 6.02. The highest BCUT2D eigenvalue weighted by Crippen LogP contribution is 2.31. The lowest BCUT2D eigenvalue weighted by atomic mass is 10.1. The molecular formula is C46H42Cl2N12O4. The molecule has 324 valence electrons. The molecule has 6 aromatic heterocycles. The second kappa shape index (κ2) is 18.8. The van der Waals surface area contributed by atoms with Gasteiger partial charge in [-0.3, -0.25) is 9.13 Å². The molecule has 18 heteroatoms. The van der Waals surface area contributed by atoms with Crippen molar-refractivity contribution in [2.24, 2.45) is 0 Å². The first-order valence-electron chi connectivity index (χ1n) is 20.3. The number of hydrogen-bond donors (Lipinski definition) is 0. The maximum Gasteiger partial charge on any atom is 0.180 e. The number of imidazole rings is 2. The van der Waals surface area contributed by atoms with Gasteiger partial charge in [0.1, 0.15) is 24.9 Å². The Morgan fingerprint density at radius 3 is 1.39 bits per heavy atom. The Hall–Kier alpha value is -6.98. The number of halogens is 2. The number of aromatic nitrogens is 12. The van der Waals surface area contributed by atoms with Gasteiger partial charge in [-0.1, -0.05) is 47.5 Å². The van der Waals surface area contributed by atoms with Crippen LogP contribution >= 0.6 is 23.2 Å². The summed E-state index contributed by atoms with van der Waals surface area (Å²) < 4.78 is 30.5. The second-order valence-electron chi connectivity index (χ2n) is 14.8. The van der Waals surface area contributed by atoms with E-state index in [0.29, 0.717) is 71.1 Å². The van der Waals surface area contributed by atoms with Gasteiger partial charge in [-0.2, -0.15) is 10.2 Å². The number of ether oxygens (including phenoxy) is 4. The first-order valence-corrected chi connectivity index (χ1v) is 21.1. The normalized spacial score (nSPS) is 15.8. The fourth-order valence-electron chi connectivity index (χ4n) is 7.22. The van der Waals surface area contributed by atoms with Gasteiger partial charge in [-0.05, 0) is 96.8 Å². The van der Waals surface area contributed by atoms with E-state index in [-0.39, 0.29) is 12.2 Å². The van der Waals surface area contributed by atoms with Gasteiger partial charge in [0.05, 0.1) is 51.9 Å². The molecule has 10 rings (SSSR count). The minimum Gasteiger partial charge on any atom is -0.493 e. The first-order chi connectivity index (χ1) is 31.2. The average Bonchev–Trinajstić information content (AvgIpc) is 4.15. The maximum absolute atomic E-state index is 6.02. The minimum absolute atomic E-state index is 0.268. The molecule has 0 aliphatic carbocycles. The Kier molecular flexibility index (Phi) is 12.4. The van der Waals surface area contributed by atoms with Crippen molar-refractivity contribution in [1.29, 1.82) is 0 Å². The number of fused-ring (bicyclic) bond motifs is 2. The summed E-state index contributed by atoms with van der Waals surface area (Å²) in [5.41, 5.74) is 5.57.